The maximum atomic E-state index is 5.68. The van der Waals surface area contributed by atoms with Gasteiger partial charge < -0.3 is 5.73 Å². The van der Waals surface area contributed by atoms with Gasteiger partial charge in [0, 0.05) is 0 Å². The van der Waals surface area contributed by atoms with E-state index < -0.39 is 0 Å². The molecule has 0 aliphatic heterocycles. The molecule has 0 bridgehead atoms. The van der Waals surface area contributed by atoms with Gasteiger partial charge in [-0.15, -0.1) is 0 Å². The van der Waals surface area contributed by atoms with Crippen molar-refractivity contribution in [2.75, 3.05) is 6.54 Å². The van der Waals surface area contributed by atoms with Crippen LogP contribution in [0, 0.1) is 5.92 Å². The van der Waals surface area contributed by atoms with Crippen LogP contribution in [0.1, 0.15) is 49.7 Å². The molecule has 1 saturated carbocycles. The standard InChI is InChI=1S/C15H23N/c1-12(13-6-2-3-7-13)15-9-5-4-8-14(15)10-11-16/h4-5,8-9,12-13H,2-3,6-7,10-11,16H2,1H3. The van der Waals surface area contributed by atoms with Gasteiger partial charge in [0.1, 0.15) is 0 Å². The second-order valence-corrected chi connectivity index (χ2v) is 5.07. The average Bonchev–Trinajstić information content (AvgIpc) is 2.83. The fourth-order valence-electron chi connectivity index (χ4n) is 3.07. The predicted molar refractivity (Wildman–Crippen MR) is 69.6 cm³/mol. The summed E-state index contributed by atoms with van der Waals surface area (Å²) in [5, 5.41) is 0. The molecule has 88 valence electrons. The van der Waals surface area contributed by atoms with Crippen molar-refractivity contribution in [3.63, 3.8) is 0 Å². The molecule has 0 heterocycles. The van der Waals surface area contributed by atoms with Crippen molar-refractivity contribution < 1.29 is 0 Å². The third kappa shape index (κ3) is 2.46. The van der Waals surface area contributed by atoms with E-state index in [-0.39, 0.29) is 0 Å². The van der Waals surface area contributed by atoms with Crippen molar-refractivity contribution >= 4 is 0 Å². The lowest BCUT2D eigenvalue weighted by molar-refractivity contribution is 0.458. The summed E-state index contributed by atoms with van der Waals surface area (Å²) in [5.41, 5.74) is 8.69. The molecular weight excluding hydrogens is 194 g/mol. The summed E-state index contributed by atoms with van der Waals surface area (Å²) in [7, 11) is 0. The van der Waals surface area contributed by atoms with Crippen LogP contribution in [-0.4, -0.2) is 6.54 Å². The Balaban J connectivity index is 2.17. The van der Waals surface area contributed by atoms with Crippen molar-refractivity contribution in [3.05, 3.63) is 35.4 Å². The van der Waals surface area contributed by atoms with Gasteiger partial charge in [0.05, 0.1) is 0 Å². The summed E-state index contributed by atoms with van der Waals surface area (Å²) in [5.74, 6) is 1.61. The zero-order valence-corrected chi connectivity index (χ0v) is 10.3. The van der Waals surface area contributed by atoms with E-state index in [4.69, 9.17) is 5.73 Å². The van der Waals surface area contributed by atoms with Gasteiger partial charge in [0.15, 0.2) is 0 Å². The molecule has 1 unspecified atom stereocenters. The Morgan fingerprint density at radius 3 is 2.62 bits per heavy atom. The summed E-state index contributed by atoms with van der Waals surface area (Å²) in [6.07, 6.45) is 6.70. The van der Waals surface area contributed by atoms with Crippen LogP contribution in [0.4, 0.5) is 0 Å². The highest BCUT2D eigenvalue weighted by Crippen LogP contribution is 2.38. The van der Waals surface area contributed by atoms with Gasteiger partial charge in [-0.1, -0.05) is 44.0 Å². The monoisotopic (exact) mass is 217 g/mol. The Hall–Kier alpha value is -0.820. The first-order chi connectivity index (χ1) is 7.83. The summed E-state index contributed by atoms with van der Waals surface area (Å²) < 4.78 is 0. The second kappa shape index (κ2) is 5.49. The highest BCUT2D eigenvalue weighted by Gasteiger charge is 2.23. The molecule has 2 N–H and O–H groups in total. The fourth-order valence-corrected chi connectivity index (χ4v) is 3.07. The van der Waals surface area contributed by atoms with Gasteiger partial charge in [-0.3, -0.25) is 0 Å². The van der Waals surface area contributed by atoms with Crippen molar-refractivity contribution in [1.82, 2.24) is 0 Å². The molecule has 0 amide bonds. The zero-order valence-electron chi connectivity index (χ0n) is 10.3. The number of hydrogen-bond acceptors (Lipinski definition) is 1. The van der Waals surface area contributed by atoms with E-state index in [9.17, 15) is 0 Å². The minimum atomic E-state index is 0.713. The van der Waals surface area contributed by atoms with Gasteiger partial charge in [-0.25, -0.2) is 0 Å². The van der Waals surface area contributed by atoms with Crippen LogP contribution < -0.4 is 5.73 Å². The van der Waals surface area contributed by atoms with Gasteiger partial charge in [0.25, 0.3) is 0 Å². The van der Waals surface area contributed by atoms with E-state index in [0.717, 1.165) is 18.9 Å². The fraction of sp³-hybridized carbons (Fsp3) is 0.600. The first-order valence-electron chi connectivity index (χ1n) is 6.61. The summed E-state index contributed by atoms with van der Waals surface area (Å²) in [4.78, 5) is 0. The Kier molecular flexibility index (Phi) is 4.00. The molecule has 1 heteroatoms. The van der Waals surface area contributed by atoms with Crippen LogP contribution >= 0.6 is 0 Å². The molecule has 0 saturated heterocycles. The third-order valence-electron chi connectivity index (χ3n) is 4.07. The molecule has 0 radical (unpaired) electrons. The van der Waals surface area contributed by atoms with Crippen LogP contribution in [0.15, 0.2) is 24.3 Å². The largest absolute Gasteiger partial charge is 0.330 e. The van der Waals surface area contributed by atoms with Crippen molar-refractivity contribution in [2.45, 2.75) is 44.9 Å². The summed E-state index contributed by atoms with van der Waals surface area (Å²) in [6.45, 7) is 3.15. The van der Waals surface area contributed by atoms with E-state index in [1.54, 1.807) is 5.56 Å². The maximum absolute atomic E-state index is 5.68. The van der Waals surface area contributed by atoms with Gasteiger partial charge >= 0.3 is 0 Å². The Labute approximate surface area is 99.0 Å². The number of benzene rings is 1. The van der Waals surface area contributed by atoms with E-state index in [1.165, 1.54) is 31.2 Å². The van der Waals surface area contributed by atoms with E-state index >= 15 is 0 Å². The van der Waals surface area contributed by atoms with E-state index in [1.807, 2.05) is 0 Å². The molecular formula is C15H23N. The van der Waals surface area contributed by atoms with Crippen molar-refractivity contribution in [3.8, 4) is 0 Å². The Bertz CT molecular complexity index is 326. The molecule has 0 aromatic heterocycles. The van der Waals surface area contributed by atoms with E-state index in [0.29, 0.717) is 5.92 Å². The molecule has 1 nitrogen and oxygen atoms in total. The lowest BCUT2D eigenvalue weighted by Gasteiger charge is -2.22. The molecule has 1 aliphatic rings. The van der Waals surface area contributed by atoms with Crippen LogP contribution in [0.2, 0.25) is 0 Å². The van der Waals surface area contributed by atoms with Crippen LogP contribution in [0.25, 0.3) is 0 Å². The normalized spacial score (nSPS) is 18.9. The van der Waals surface area contributed by atoms with Gasteiger partial charge in [-0.2, -0.15) is 0 Å². The Morgan fingerprint density at radius 1 is 1.25 bits per heavy atom. The topological polar surface area (TPSA) is 26.0 Å². The lowest BCUT2D eigenvalue weighted by Crippen LogP contribution is -2.11. The molecule has 1 fully saturated rings. The highest BCUT2D eigenvalue weighted by atomic mass is 14.5. The quantitative estimate of drug-likeness (QED) is 0.821. The third-order valence-corrected chi connectivity index (χ3v) is 4.07. The van der Waals surface area contributed by atoms with Gasteiger partial charge in [-0.05, 0) is 48.8 Å². The number of hydrogen-bond donors (Lipinski definition) is 1. The number of nitrogens with two attached hydrogens (primary N) is 1. The van der Waals surface area contributed by atoms with Crippen LogP contribution in [0.3, 0.4) is 0 Å². The average molecular weight is 217 g/mol. The molecule has 1 aromatic rings. The van der Waals surface area contributed by atoms with Crippen LogP contribution in [-0.2, 0) is 6.42 Å². The summed E-state index contributed by atoms with van der Waals surface area (Å²) >= 11 is 0. The molecule has 0 spiro atoms. The smallest absolute Gasteiger partial charge is 0.00366 e. The first kappa shape index (κ1) is 11.7. The van der Waals surface area contributed by atoms with Crippen LogP contribution in [0.5, 0.6) is 0 Å². The Morgan fingerprint density at radius 2 is 1.94 bits per heavy atom. The zero-order chi connectivity index (χ0) is 11.4. The SMILES string of the molecule is CC(c1ccccc1CCN)C1CCCC1. The van der Waals surface area contributed by atoms with Crippen molar-refractivity contribution in [2.24, 2.45) is 11.7 Å². The lowest BCUT2D eigenvalue weighted by atomic mass is 9.83. The van der Waals surface area contributed by atoms with E-state index in [2.05, 4.69) is 31.2 Å². The first-order valence-corrected chi connectivity index (χ1v) is 6.61. The molecule has 1 atom stereocenters. The summed E-state index contributed by atoms with van der Waals surface area (Å²) in [6, 6.07) is 8.85. The predicted octanol–water partition coefficient (Wildman–Crippen LogP) is 3.48. The van der Waals surface area contributed by atoms with Crippen molar-refractivity contribution in [1.29, 1.82) is 0 Å². The maximum Gasteiger partial charge on any atom is -0.00366 e. The minimum Gasteiger partial charge on any atom is -0.330 e. The number of rotatable bonds is 4. The second-order valence-electron chi connectivity index (χ2n) is 5.07. The highest BCUT2D eigenvalue weighted by molar-refractivity contribution is 5.31. The molecule has 1 aromatic carbocycles. The van der Waals surface area contributed by atoms with Gasteiger partial charge in [0.2, 0.25) is 0 Å². The minimum absolute atomic E-state index is 0.713. The molecule has 2 rings (SSSR count). The molecule has 16 heavy (non-hydrogen) atoms. The molecule has 1 aliphatic carbocycles.